The van der Waals surface area contributed by atoms with Crippen molar-refractivity contribution >= 4 is 15.9 Å². The summed E-state index contributed by atoms with van der Waals surface area (Å²) in [6, 6.07) is 1.91. The average Bonchev–Trinajstić information content (AvgIpc) is 2.99. The minimum atomic E-state index is -0.673. The summed E-state index contributed by atoms with van der Waals surface area (Å²) in [6.07, 6.45) is 4.70. The smallest absolute Gasteiger partial charge is 0.0842 e. The molecule has 0 amide bonds. The van der Waals surface area contributed by atoms with Gasteiger partial charge in [-0.1, -0.05) is 0 Å². The molecule has 0 aromatic carbocycles. The lowest BCUT2D eigenvalue weighted by Gasteiger charge is -2.16. The van der Waals surface area contributed by atoms with Crippen molar-refractivity contribution in [2.75, 3.05) is 0 Å². The molecular formula is C11H14BrNO2. The van der Waals surface area contributed by atoms with Gasteiger partial charge in [0.15, 0.2) is 0 Å². The van der Waals surface area contributed by atoms with Crippen molar-refractivity contribution in [1.29, 1.82) is 0 Å². The van der Waals surface area contributed by atoms with Crippen LogP contribution in [-0.4, -0.2) is 27.4 Å². The molecule has 1 fully saturated rings. The monoisotopic (exact) mass is 271 g/mol. The van der Waals surface area contributed by atoms with Crippen LogP contribution in [0.15, 0.2) is 22.9 Å². The molecule has 1 heterocycles. The lowest BCUT2D eigenvalue weighted by atomic mass is 10.0. The molecule has 0 radical (unpaired) electrons. The van der Waals surface area contributed by atoms with E-state index in [-0.39, 0.29) is 0 Å². The Kier molecular flexibility index (Phi) is 3.38. The van der Waals surface area contributed by atoms with E-state index in [9.17, 15) is 10.2 Å². The van der Waals surface area contributed by atoms with Crippen LogP contribution >= 0.6 is 15.9 Å². The van der Waals surface area contributed by atoms with Crippen molar-refractivity contribution < 1.29 is 10.2 Å². The zero-order chi connectivity index (χ0) is 10.8. The number of aliphatic hydroxyl groups excluding tert-OH is 2. The van der Waals surface area contributed by atoms with E-state index in [1.54, 1.807) is 12.4 Å². The number of aromatic nitrogens is 1. The molecule has 1 aliphatic rings. The Labute approximate surface area is 97.3 Å². The maximum atomic E-state index is 9.78. The first kappa shape index (κ1) is 11.0. The minimum Gasteiger partial charge on any atom is -0.390 e. The van der Waals surface area contributed by atoms with E-state index in [0.717, 1.165) is 22.9 Å². The largest absolute Gasteiger partial charge is 0.390 e. The SMILES string of the molecule is OC(Cc1cncc(Br)c1)C(O)C1CC1. The predicted molar refractivity (Wildman–Crippen MR) is 60.4 cm³/mol. The van der Waals surface area contributed by atoms with Gasteiger partial charge >= 0.3 is 0 Å². The molecule has 1 aliphatic carbocycles. The van der Waals surface area contributed by atoms with E-state index in [1.807, 2.05) is 6.07 Å². The molecule has 2 N–H and O–H groups in total. The van der Waals surface area contributed by atoms with E-state index in [2.05, 4.69) is 20.9 Å². The molecule has 0 spiro atoms. The number of halogens is 1. The van der Waals surface area contributed by atoms with Crippen molar-refractivity contribution in [2.24, 2.45) is 5.92 Å². The predicted octanol–water partition coefficient (Wildman–Crippen LogP) is 1.52. The maximum Gasteiger partial charge on any atom is 0.0842 e. The third-order valence-electron chi connectivity index (χ3n) is 2.71. The summed E-state index contributed by atoms with van der Waals surface area (Å²) in [4.78, 5) is 4.02. The molecule has 15 heavy (non-hydrogen) atoms. The third kappa shape index (κ3) is 3.00. The highest BCUT2D eigenvalue weighted by atomic mass is 79.9. The highest BCUT2D eigenvalue weighted by Gasteiger charge is 2.34. The fourth-order valence-electron chi connectivity index (χ4n) is 1.68. The van der Waals surface area contributed by atoms with Crippen LogP contribution in [0.5, 0.6) is 0 Å². The molecule has 2 atom stereocenters. The van der Waals surface area contributed by atoms with Crippen LogP contribution < -0.4 is 0 Å². The molecule has 2 rings (SSSR count). The van der Waals surface area contributed by atoms with Gasteiger partial charge in [-0.05, 0) is 46.3 Å². The van der Waals surface area contributed by atoms with Gasteiger partial charge in [-0.25, -0.2) is 0 Å². The standard InChI is InChI=1S/C11H14BrNO2/c12-9-3-7(5-13-6-9)4-10(14)11(15)8-1-2-8/h3,5-6,8,10-11,14-15H,1-2,4H2. The first-order valence-corrected chi connectivity index (χ1v) is 5.91. The van der Waals surface area contributed by atoms with Crippen LogP contribution in [0, 0.1) is 5.92 Å². The second-order valence-corrected chi connectivity index (χ2v) is 5.03. The Bertz CT molecular complexity index is 341. The van der Waals surface area contributed by atoms with Crippen molar-refractivity contribution in [2.45, 2.75) is 31.5 Å². The van der Waals surface area contributed by atoms with Crippen LogP contribution in [-0.2, 0) is 6.42 Å². The first-order chi connectivity index (χ1) is 7.16. The summed E-state index contributed by atoms with van der Waals surface area (Å²) < 4.78 is 0.896. The van der Waals surface area contributed by atoms with E-state index in [1.165, 1.54) is 0 Å². The van der Waals surface area contributed by atoms with Crippen molar-refractivity contribution in [1.82, 2.24) is 4.98 Å². The van der Waals surface area contributed by atoms with Crippen LogP contribution in [0.4, 0.5) is 0 Å². The number of nitrogens with zero attached hydrogens (tertiary/aromatic N) is 1. The van der Waals surface area contributed by atoms with E-state index in [4.69, 9.17) is 0 Å². The van der Waals surface area contributed by atoms with Gasteiger partial charge in [-0.15, -0.1) is 0 Å². The Morgan fingerprint density at radius 3 is 2.73 bits per heavy atom. The summed E-state index contributed by atoms with van der Waals surface area (Å²) in [6.45, 7) is 0. The zero-order valence-corrected chi connectivity index (χ0v) is 9.89. The molecule has 4 heteroatoms. The molecule has 1 aromatic rings. The molecule has 0 aliphatic heterocycles. The van der Waals surface area contributed by atoms with E-state index in [0.29, 0.717) is 12.3 Å². The summed E-state index contributed by atoms with van der Waals surface area (Å²) in [5, 5.41) is 19.5. The van der Waals surface area contributed by atoms with Gasteiger partial charge in [0.25, 0.3) is 0 Å². The molecule has 1 saturated carbocycles. The van der Waals surface area contributed by atoms with Crippen LogP contribution in [0.1, 0.15) is 18.4 Å². The Morgan fingerprint density at radius 1 is 1.40 bits per heavy atom. The van der Waals surface area contributed by atoms with Crippen molar-refractivity contribution in [3.63, 3.8) is 0 Å². The van der Waals surface area contributed by atoms with Gasteiger partial charge in [0, 0.05) is 23.3 Å². The van der Waals surface area contributed by atoms with Gasteiger partial charge in [0.2, 0.25) is 0 Å². The molecule has 1 aromatic heterocycles. The molecule has 0 bridgehead atoms. The minimum absolute atomic E-state index is 0.306. The van der Waals surface area contributed by atoms with Gasteiger partial charge in [-0.3, -0.25) is 4.98 Å². The summed E-state index contributed by atoms with van der Waals surface area (Å²) in [5.41, 5.74) is 0.941. The number of hydrogen-bond donors (Lipinski definition) is 2. The molecule has 82 valence electrons. The maximum absolute atomic E-state index is 9.78. The second kappa shape index (κ2) is 4.60. The topological polar surface area (TPSA) is 53.4 Å². The van der Waals surface area contributed by atoms with Gasteiger partial charge < -0.3 is 10.2 Å². The fraction of sp³-hybridized carbons (Fsp3) is 0.545. The lowest BCUT2D eigenvalue weighted by Crippen LogP contribution is -2.29. The lowest BCUT2D eigenvalue weighted by molar-refractivity contribution is 0.00669. The van der Waals surface area contributed by atoms with Gasteiger partial charge in [0.05, 0.1) is 12.2 Å². The Hall–Kier alpha value is -0.450. The normalized spacial score (nSPS) is 19.9. The summed E-state index contributed by atoms with van der Waals surface area (Å²) >= 11 is 3.32. The van der Waals surface area contributed by atoms with Crippen molar-refractivity contribution in [3.8, 4) is 0 Å². The van der Waals surface area contributed by atoms with E-state index < -0.39 is 12.2 Å². The molecule has 3 nitrogen and oxygen atoms in total. The zero-order valence-electron chi connectivity index (χ0n) is 8.31. The highest BCUT2D eigenvalue weighted by Crippen LogP contribution is 2.34. The Morgan fingerprint density at radius 2 is 2.13 bits per heavy atom. The summed E-state index contributed by atoms with van der Waals surface area (Å²) in [7, 11) is 0. The molecule has 2 unspecified atom stereocenters. The number of hydrogen-bond acceptors (Lipinski definition) is 3. The number of pyridine rings is 1. The second-order valence-electron chi connectivity index (χ2n) is 4.11. The van der Waals surface area contributed by atoms with Gasteiger partial charge in [-0.2, -0.15) is 0 Å². The summed E-state index contributed by atoms with van der Waals surface area (Å²) in [5.74, 6) is 0.306. The fourth-order valence-corrected chi connectivity index (χ4v) is 2.09. The average molecular weight is 272 g/mol. The van der Waals surface area contributed by atoms with Gasteiger partial charge in [0.1, 0.15) is 0 Å². The van der Waals surface area contributed by atoms with E-state index >= 15 is 0 Å². The van der Waals surface area contributed by atoms with Crippen LogP contribution in [0.2, 0.25) is 0 Å². The number of rotatable bonds is 4. The van der Waals surface area contributed by atoms with Crippen LogP contribution in [0.25, 0.3) is 0 Å². The Balaban J connectivity index is 1.95. The number of aliphatic hydroxyl groups is 2. The first-order valence-electron chi connectivity index (χ1n) is 5.12. The highest BCUT2D eigenvalue weighted by molar-refractivity contribution is 9.10. The molecule has 0 saturated heterocycles. The third-order valence-corrected chi connectivity index (χ3v) is 3.14. The molecular weight excluding hydrogens is 258 g/mol. The quantitative estimate of drug-likeness (QED) is 0.873. The van der Waals surface area contributed by atoms with Crippen LogP contribution in [0.3, 0.4) is 0 Å². The van der Waals surface area contributed by atoms with Crippen molar-refractivity contribution in [3.05, 3.63) is 28.5 Å².